The standard InChI is InChI=1S/C6H13FO2/c1-2-5(8)3-6(9)4-7/h5-6,8-9H,2-4H2,1H3. The summed E-state index contributed by atoms with van der Waals surface area (Å²) in [5.74, 6) is 0. The highest BCUT2D eigenvalue weighted by Crippen LogP contribution is 2.01. The maximum absolute atomic E-state index is 11.5. The van der Waals surface area contributed by atoms with Crippen molar-refractivity contribution in [1.82, 2.24) is 0 Å². The van der Waals surface area contributed by atoms with Crippen LogP contribution in [0.15, 0.2) is 0 Å². The topological polar surface area (TPSA) is 40.5 Å². The molecule has 2 N–H and O–H groups in total. The van der Waals surface area contributed by atoms with Crippen LogP contribution in [0, 0.1) is 0 Å². The molecule has 2 unspecified atom stereocenters. The van der Waals surface area contributed by atoms with Crippen molar-refractivity contribution in [3.63, 3.8) is 0 Å². The minimum absolute atomic E-state index is 0.146. The monoisotopic (exact) mass is 136 g/mol. The van der Waals surface area contributed by atoms with Gasteiger partial charge in [0.2, 0.25) is 0 Å². The normalized spacial score (nSPS) is 17.3. The van der Waals surface area contributed by atoms with Gasteiger partial charge in [0.1, 0.15) is 6.67 Å². The molecular weight excluding hydrogens is 123 g/mol. The summed E-state index contributed by atoms with van der Waals surface area (Å²) < 4.78 is 11.5. The summed E-state index contributed by atoms with van der Waals surface area (Å²) in [6.45, 7) is 1.02. The summed E-state index contributed by atoms with van der Waals surface area (Å²) in [7, 11) is 0. The molecule has 0 radical (unpaired) electrons. The van der Waals surface area contributed by atoms with E-state index in [0.29, 0.717) is 6.42 Å². The average Bonchev–Trinajstić information content (AvgIpc) is 1.87. The minimum atomic E-state index is -0.986. The predicted molar refractivity (Wildman–Crippen MR) is 32.9 cm³/mol. The quantitative estimate of drug-likeness (QED) is 0.590. The van der Waals surface area contributed by atoms with Gasteiger partial charge >= 0.3 is 0 Å². The third-order valence-corrected chi connectivity index (χ3v) is 1.19. The van der Waals surface area contributed by atoms with Gasteiger partial charge in [0, 0.05) is 6.42 Å². The summed E-state index contributed by atoms with van der Waals surface area (Å²) >= 11 is 0. The number of hydrogen-bond donors (Lipinski definition) is 2. The first-order valence-corrected chi connectivity index (χ1v) is 3.12. The predicted octanol–water partition coefficient (Wildman–Crippen LogP) is 0.478. The number of rotatable bonds is 4. The molecule has 3 heteroatoms. The fourth-order valence-corrected chi connectivity index (χ4v) is 0.544. The van der Waals surface area contributed by atoms with Gasteiger partial charge < -0.3 is 10.2 Å². The van der Waals surface area contributed by atoms with Gasteiger partial charge in [-0.25, -0.2) is 4.39 Å². The van der Waals surface area contributed by atoms with Gasteiger partial charge in [-0.3, -0.25) is 0 Å². The van der Waals surface area contributed by atoms with E-state index in [2.05, 4.69) is 0 Å². The van der Waals surface area contributed by atoms with Gasteiger partial charge in [-0.2, -0.15) is 0 Å². The summed E-state index contributed by atoms with van der Waals surface area (Å²) in [4.78, 5) is 0. The zero-order valence-electron chi connectivity index (χ0n) is 5.55. The zero-order valence-corrected chi connectivity index (χ0v) is 5.55. The lowest BCUT2D eigenvalue weighted by Gasteiger charge is -2.09. The molecule has 2 atom stereocenters. The number of halogens is 1. The summed E-state index contributed by atoms with van der Waals surface area (Å²) in [6.07, 6.45) is -0.833. The lowest BCUT2D eigenvalue weighted by Crippen LogP contribution is -2.18. The van der Waals surface area contributed by atoms with Gasteiger partial charge in [-0.15, -0.1) is 0 Å². The largest absolute Gasteiger partial charge is 0.393 e. The van der Waals surface area contributed by atoms with Crippen molar-refractivity contribution >= 4 is 0 Å². The molecule has 0 aliphatic carbocycles. The van der Waals surface area contributed by atoms with Crippen LogP contribution in [0.3, 0.4) is 0 Å². The van der Waals surface area contributed by atoms with Crippen molar-refractivity contribution in [1.29, 1.82) is 0 Å². The highest BCUT2D eigenvalue weighted by Gasteiger charge is 2.08. The minimum Gasteiger partial charge on any atom is -0.393 e. The van der Waals surface area contributed by atoms with E-state index < -0.39 is 18.9 Å². The molecule has 0 aromatic heterocycles. The van der Waals surface area contributed by atoms with Crippen LogP contribution in [-0.4, -0.2) is 29.1 Å². The maximum atomic E-state index is 11.5. The van der Waals surface area contributed by atoms with E-state index in [1.165, 1.54) is 0 Å². The van der Waals surface area contributed by atoms with Crippen LogP contribution in [0.2, 0.25) is 0 Å². The van der Waals surface area contributed by atoms with Crippen LogP contribution < -0.4 is 0 Å². The second-order valence-electron chi connectivity index (χ2n) is 2.11. The highest BCUT2D eigenvalue weighted by atomic mass is 19.1. The smallest absolute Gasteiger partial charge is 0.115 e. The molecule has 0 rings (SSSR count). The van der Waals surface area contributed by atoms with E-state index in [1.54, 1.807) is 6.92 Å². The Bertz CT molecular complexity index is 60.1. The Kier molecular flexibility index (Phi) is 4.62. The van der Waals surface area contributed by atoms with Crippen molar-refractivity contribution in [2.24, 2.45) is 0 Å². The molecular formula is C6H13FO2. The van der Waals surface area contributed by atoms with Gasteiger partial charge in [-0.1, -0.05) is 6.92 Å². The third-order valence-electron chi connectivity index (χ3n) is 1.19. The van der Waals surface area contributed by atoms with Gasteiger partial charge in [0.15, 0.2) is 0 Å². The van der Waals surface area contributed by atoms with Crippen molar-refractivity contribution < 1.29 is 14.6 Å². The van der Waals surface area contributed by atoms with E-state index in [-0.39, 0.29) is 6.42 Å². The van der Waals surface area contributed by atoms with Crippen LogP contribution in [0.4, 0.5) is 4.39 Å². The van der Waals surface area contributed by atoms with Crippen molar-refractivity contribution in [3.05, 3.63) is 0 Å². The fourth-order valence-electron chi connectivity index (χ4n) is 0.544. The Morgan fingerprint density at radius 2 is 1.89 bits per heavy atom. The molecule has 2 nitrogen and oxygen atoms in total. The lowest BCUT2D eigenvalue weighted by molar-refractivity contribution is 0.0632. The van der Waals surface area contributed by atoms with Crippen LogP contribution >= 0.6 is 0 Å². The highest BCUT2D eigenvalue weighted by molar-refractivity contribution is 4.59. The summed E-state index contributed by atoms with van der Waals surface area (Å²) in [5, 5.41) is 17.5. The van der Waals surface area contributed by atoms with Crippen LogP contribution in [0.1, 0.15) is 19.8 Å². The van der Waals surface area contributed by atoms with E-state index in [4.69, 9.17) is 10.2 Å². The first-order valence-electron chi connectivity index (χ1n) is 3.12. The van der Waals surface area contributed by atoms with Crippen LogP contribution in [0.25, 0.3) is 0 Å². The Labute approximate surface area is 54.3 Å². The van der Waals surface area contributed by atoms with E-state index in [1.807, 2.05) is 0 Å². The fraction of sp³-hybridized carbons (Fsp3) is 1.00. The molecule has 0 amide bonds. The molecule has 0 fully saturated rings. The van der Waals surface area contributed by atoms with Gasteiger partial charge in [-0.05, 0) is 6.42 Å². The molecule has 0 spiro atoms. The van der Waals surface area contributed by atoms with Crippen LogP contribution in [0.5, 0.6) is 0 Å². The molecule has 0 saturated heterocycles. The van der Waals surface area contributed by atoms with Crippen molar-refractivity contribution in [2.45, 2.75) is 32.0 Å². The Balaban J connectivity index is 3.22. The second kappa shape index (κ2) is 4.70. The molecule has 0 heterocycles. The van der Waals surface area contributed by atoms with Crippen LogP contribution in [-0.2, 0) is 0 Å². The molecule has 0 aromatic carbocycles. The molecule has 9 heavy (non-hydrogen) atoms. The number of aliphatic hydroxyl groups excluding tert-OH is 2. The van der Waals surface area contributed by atoms with E-state index in [0.717, 1.165) is 0 Å². The molecule has 0 aliphatic heterocycles. The molecule has 0 aliphatic rings. The number of aliphatic hydroxyl groups is 2. The second-order valence-corrected chi connectivity index (χ2v) is 2.11. The van der Waals surface area contributed by atoms with Crippen molar-refractivity contribution in [2.75, 3.05) is 6.67 Å². The Morgan fingerprint density at radius 3 is 2.22 bits per heavy atom. The average molecular weight is 136 g/mol. The van der Waals surface area contributed by atoms with E-state index in [9.17, 15) is 4.39 Å². The third kappa shape index (κ3) is 4.36. The Morgan fingerprint density at radius 1 is 1.33 bits per heavy atom. The first kappa shape index (κ1) is 8.85. The summed E-state index contributed by atoms with van der Waals surface area (Å²) in [6, 6.07) is 0. The molecule has 0 bridgehead atoms. The lowest BCUT2D eigenvalue weighted by atomic mass is 10.1. The maximum Gasteiger partial charge on any atom is 0.115 e. The number of alkyl halides is 1. The number of hydrogen-bond acceptors (Lipinski definition) is 2. The van der Waals surface area contributed by atoms with E-state index >= 15 is 0 Å². The molecule has 0 aromatic rings. The van der Waals surface area contributed by atoms with Crippen molar-refractivity contribution in [3.8, 4) is 0 Å². The molecule has 0 saturated carbocycles. The zero-order chi connectivity index (χ0) is 7.28. The SMILES string of the molecule is CCC(O)CC(O)CF. The first-order chi connectivity index (χ1) is 4.20. The molecule has 56 valence electrons. The van der Waals surface area contributed by atoms with Gasteiger partial charge in [0.25, 0.3) is 0 Å². The Hall–Kier alpha value is -0.150. The van der Waals surface area contributed by atoms with Gasteiger partial charge in [0.05, 0.1) is 12.2 Å². The summed E-state index contributed by atoms with van der Waals surface area (Å²) in [5.41, 5.74) is 0.